The van der Waals surface area contributed by atoms with Gasteiger partial charge in [0.2, 0.25) is 0 Å². The van der Waals surface area contributed by atoms with Crippen LogP contribution in [0.1, 0.15) is 56.9 Å². The van der Waals surface area contributed by atoms with Gasteiger partial charge in [0.25, 0.3) is 0 Å². The molecule has 0 saturated carbocycles. The fraction of sp³-hybridized carbons (Fsp3) is 0.733. The molecule has 0 fully saturated rings. The number of nitrogens with one attached hydrogen (secondary N) is 1. The van der Waals surface area contributed by atoms with Crippen LogP contribution in [0.25, 0.3) is 0 Å². The van der Waals surface area contributed by atoms with E-state index < -0.39 is 0 Å². The van der Waals surface area contributed by atoms with E-state index in [1.54, 1.807) is 0 Å². The first-order valence-electron chi connectivity index (χ1n) is 6.88. The van der Waals surface area contributed by atoms with Crippen molar-refractivity contribution in [2.24, 2.45) is 0 Å². The van der Waals surface area contributed by atoms with Gasteiger partial charge in [-0.05, 0) is 81.1 Å². The fourth-order valence-electron chi connectivity index (χ4n) is 1.89. The van der Waals surface area contributed by atoms with Crippen LogP contribution in [-0.4, -0.2) is 12.1 Å². The van der Waals surface area contributed by atoms with Crippen molar-refractivity contribution in [2.45, 2.75) is 65.3 Å². The van der Waals surface area contributed by atoms with Crippen LogP contribution in [0.3, 0.4) is 0 Å². The SMILES string of the molecule is Cc1cc(CCCCCCNC(C)(C)C)sc1Br. The molecule has 1 nitrogen and oxygen atoms in total. The van der Waals surface area contributed by atoms with Gasteiger partial charge in [-0.25, -0.2) is 0 Å². The van der Waals surface area contributed by atoms with Crippen LogP contribution in [0.5, 0.6) is 0 Å². The topological polar surface area (TPSA) is 12.0 Å². The summed E-state index contributed by atoms with van der Waals surface area (Å²) in [5.41, 5.74) is 1.64. The minimum Gasteiger partial charge on any atom is -0.312 e. The third-order valence-electron chi connectivity index (χ3n) is 2.91. The Morgan fingerprint density at radius 3 is 2.39 bits per heavy atom. The molecule has 0 amide bonds. The lowest BCUT2D eigenvalue weighted by atomic mass is 10.1. The molecule has 0 atom stereocenters. The third-order valence-corrected chi connectivity index (χ3v) is 5.11. The summed E-state index contributed by atoms with van der Waals surface area (Å²) >= 11 is 5.48. The minimum absolute atomic E-state index is 0.265. The molecule has 0 aliphatic rings. The summed E-state index contributed by atoms with van der Waals surface area (Å²) in [6.07, 6.45) is 6.55. The quantitative estimate of drug-likeness (QED) is 0.667. The molecule has 18 heavy (non-hydrogen) atoms. The predicted molar refractivity (Wildman–Crippen MR) is 86.7 cm³/mol. The normalized spacial score (nSPS) is 12.1. The van der Waals surface area contributed by atoms with Crippen molar-refractivity contribution < 1.29 is 0 Å². The van der Waals surface area contributed by atoms with E-state index >= 15 is 0 Å². The molecular formula is C15H26BrNS. The number of thiophene rings is 1. The van der Waals surface area contributed by atoms with E-state index in [2.05, 4.69) is 55.0 Å². The van der Waals surface area contributed by atoms with E-state index in [4.69, 9.17) is 0 Å². The first-order valence-corrected chi connectivity index (χ1v) is 8.49. The molecule has 1 aromatic rings. The molecule has 0 radical (unpaired) electrons. The largest absolute Gasteiger partial charge is 0.312 e. The summed E-state index contributed by atoms with van der Waals surface area (Å²) in [4.78, 5) is 1.52. The summed E-state index contributed by atoms with van der Waals surface area (Å²) < 4.78 is 1.30. The maximum absolute atomic E-state index is 3.59. The van der Waals surface area contributed by atoms with E-state index in [1.807, 2.05) is 11.3 Å². The molecule has 1 heterocycles. The average molecular weight is 332 g/mol. The molecule has 0 bridgehead atoms. The number of rotatable bonds is 7. The Kier molecular flexibility index (Phi) is 6.89. The van der Waals surface area contributed by atoms with Gasteiger partial charge in [-0.2, -0.15) is 0 Å². The Labute approximate surface area is 125 Å². The zero-order valence-electron chi connectivity index (χ0n) is 12.1. The Morgan fingerprint density at radius 1 is 1.17 bits per heavy atom. The smallest absolute Gasteiger partial charge is 0.0730 e. The Bertz CT molecular complexity index is 332. The molecule has 0 unspecified atom stereocenters. The molecule has 0 aliphatic heterocycles. The molecule has 0 saturated heterocycles. The van der Waals surface area contributed by atoms with Crippen molar-refractivity contribution in [3.63, 3.8) is 0 Å². The van der Waals surface area contributed by atoms with Gasteiger partial charge >= 0.3 is 0 Å². The second-order valence-electron chi connectivity index (χ2n) is 6.01. The van der Waals surface area contributed by atoms with Crippen molar-refractivity contribution in [3.8, 4) is 0 Å². The first-order chi connectivity index (χ1) is 8.38. The molecule has 0 aliphatic carbocycles. The zero-order valence-corrected chi connectivity index (χ0v) is 14.5. The summed E-state index contributed by atoms with van der Waals surface area (Å²) in [5, 5.41) is 3.54. The molecular weight excluding hydrogens is 306 g/mol. The highest BCUT2D eigenvalue weighted by molar-refractivity contribution is 9.11. The van der Waals surface area contributed by atoms with Crippen molar-refractivity contribution in [1.82, 2.24) is 5.32 Å². The molecule has 1 N–H and O–H groups in total. The number of hydrogen-bond acceptors (Lipinski definition) is 2. The third kappa shape index (κ3) is 6.91. The summed E-state index contributed by atoms with van der Waals surface area (Å²) in [5.74, 6) is 0. The van der Waals surface area contributed by atoms with Crippen LogP contribution in [0, 0.1) is 6.92 Å². The second kappa shape index (κ2) is 7.66. The molecule has 1 rings (SSSR count). The van der Waals surface area contributed by atoms with E-state index in [-0.39, 0.29) is 5.54 Å². The lowest BCUT2D eigenvalue weighted by molar-refractivity contribution is 0.416. The maximum atomic E-state index is 3.59. The lowest BCUT2D eigenvalue weighted by Crippen LogP contribution is -2.36. The molecule has 1 aromatic heterocycles. The van der Waals surface area contributed by atoms with Crippen LogP contribution in [-0.2, 0) is 6.42 Å². The van der Waals surface area contributed by atoms with Gasteiger partial charge < -0.3 is 5.32 Å². The van der Waals surface area contributed by atoms with Gasteiger partial charge in [-0.3, -0.25) is 0 Å². The summed E-state index contributed by atoms with van der Waals surface area (Å²) in [7, 11) is 0. The fourth-order valence-corrected chi connectivity index (χ4v) is 3.56. The summed E-state index contributed by atoms with van der Waals surface area (Å²) in [6.45, 7) is 9.99. The molecule has 3 heteroatoms. The Hall–Kier alpha value is 0.140. The number of aryl methyl sites for hydroxylation is 2. The minimum atomic E-state index is 0.265. The molecule has 0 spiro atoms. The van der Waals surface area contributed by atoms with Crippen LogP contribution >= 0.6 is 27.3 Å². The predicted octanol–water partition coefficient (Wildman–Crippen LogP) is 5.31. The van der Waals surface area contributed by atoms with Crippen molar-refractivity contribution >= 4 is 27.3 Å². The highest BCUT2D eigenvalue weighted by atomic mass is 79.9. The standard InChI is InChI=1S/C15H26BrNS/c1-12-11-13(18-14(12)16)9-7-5-6-8-10-17-15(2,3)4/h11,17H,5-10H2,1-4H3. The average Bonchev–Trinajstić information content (AvgIpc) is 2.55. The summed E-state index contributed by atoms with van der Waals surface area (Å²) in [6, 6.07) is 2.32. The number of hydrogen-bond donors (Lipinski definition) is 1. The molecule has 0 aromatic carbocycles. The lowest BCUT2D eigenvalue weighted by Gasteiger charge is -2.20. The highest BCUT2D eigenvalue weighted by Crippen LogP contribution is 2.28. The van der Waals surface area contributed by atoms with Gasteiger partial charge in [0, 0.05) is 10.4 Å². The van der Waals surface area contributed by atoms with Gasteiger partial charge in [-0.15, -0.1) is 11.3 Å². The zero-order chi connectivity index (χ0) is 13.6. The van der Waals surface area contributed by atoms with Crippen LogP contribution in [0.4, 0.5) is 0 Å². The van der Waals surface area contributed by atoms with Crippen LogP contribution in [0.15, 0.2) is 9.85 Å². The van der Waals surface area contributed by atoms with Crippen molar-refractivity contribution in [2.75, 3.05) is 6.54 Å². The first kappa shape index (κ1) is 16.2. The maximum Gasteiger partial charge on any atom is 0.0730 e. The number of halogens is 1. The monoisotopic (exact) mass is 331 g/mol. The van der Waals surface area contributed by atoms with Gasteiger partial charge in [0.15, 0.2) is 0 Å². The van der Waals surface area contributed by atoms with E-state index in [1.165, 1.54) is 46.3 Å². The second-order valence-corrected chi connectivity index (χ2v) is 8.47. The van der Waals surface area contributed by atoms with E-state index in [9.17, 15) is 0 Å². The van der Waals surface area contributed by atoms with Crippen LogP contribution < -0.4 is 5.32 Å². The van der Waals surface area contributed by atoms with Crippen molar-refractivity contribution in [3.05, 3.63) is 20.3 Å². The van der Waals surface area contributed by atoms with E-state index in [0.717, 1.165) is 6.54 Å². The van der Waals surface area contributed by atoms with Crippen molar-refractivity contribution in [1.29, 1.82) is 0 Å². The Balaban J connectivity index is 2.02. The highest BCUT2D eigenvalue weighted by Gasteiger charge is 2.07. The Morgan fingerprint density at radius 2 is 1.83 bits per heavy atom. The van der Waals surface area contributed by atoms with Gasteiger partial charge in [0.1, 0.15) is 0 Å². The molecule has 104 valence electrons. The van der Waals surface area contributed by atoms with E-state index in [0.29, 0.717) is 0 Å². The van der Waals surface area contributed by atoms with Gasteiger partial charge in [0.05, 0.1) is 3.79 Å². The van der Waals surface area contributed by atoms with Gasteiger partial charge in [-0.1, -0.05) is 12.8 Å². The van der Waals surface area contributed by atoms with Crippen LogP contribution in [0.2, 0.25) is 0 Å². The number of unbranched alkanes of at least 4 members (excludes halogenated alkanes) is 3.